The molecule has 2 saturated carbocycles. The summed E-state index contributed by atoms with van der Waals surface area (Å²) in [5, 5.41) is 11.6. The van der Waals surface area contributed by atoms with Gasteiger partial charge in [-0.05, 0) is 44.7 Å². The van der Waals surface area contributed by atoms with Crippen LogP contribution in [0.15, 0.2) is 29.4 Å². The number of carbonyl (C=O) groups excluding carboxylic acids is 1. The minimum Gasteiger partial charge on any atom is -0.433 e. The molecule has 2 aliphatic rings. The molecule has 0 radical (unpaired) electrons. The van der Waals surface area contributed by atoms with Gasteiger partial charge in [-0.3, -0.25) is 4.79 Å². The molecule has 0 bridgehead atoms. The van der Waals surface area contributed by atoms with E-state index in [0.29, 0.717) is 12.0 Å². The lowest BCUT2D eigenvalue weighted by molar-refractivity contribution is -0.115. The number of thioether (sulfide) groups is 1. The number of hydrogen-bond donors (Lipinski definition) is 1. The second-order valence-electron chi connectivity index (χ2n) is 6.84. The van der Waals surface area contributed by atoms with Gasteiger partial charge in [0.15, 0.2) is 5.16 Å². The SMILES string of the molecule is C[C@@H](Sc1nnc(C2CC2)n1C1CC1)C(=O)Nc1ccccc1OC(F)F. The number of rotatable bonds is 8. The van der Waals surface area contributed by atoms with Crippen molar-refractivity contribution in [3.8, 4) is 5.75 Å². The summed E-state index contributed by atoms with van der Waals surface area (Å²) in [7, 11) is 0. The van der Waals surface area contributed by atoms with Crippen molar-refractivity contribution in [2.24, 2.45) is 0 Å². The van der Waals surface area contributed by atoms with Crippen molar-refractivity contribution >= 4 is 23.4 Å². The first kappa shape index (κ1) is 18.2. The molecule has 0 aliphatic heterocycles. The summed E-state index contributed by atoms with van der Waals surface area (Å²) in [5.74, 6) is 1.16. The van der Waals surface area contributed by atoms with Crippen molar-refractivity contribution in [2.75, 3.05) is 5.32 Å². The number of nitrogens with one attached hydrogen (secondary N) is 1. The fraction of sp³-hybridized carbons (Fsp3) is 0.500. The molecule has 0 unspecified atom stereocenters. The molecule has 4 rings (SSSR count). The predicted octanol–water partition coefficient (Wildman–Crippen LogP) is 4.21. The van der Waals surface area contributed by atoms with Crippen LogP contribution in [0, 0.1) is 0 Å². The molecule has 2 aliphatic carbocycles. The minimum atomic E-state index is -2.95. The highest BCUT2D eigenvalue weighted by molar-refractivity contribution is 8.00. The minimum absolute atomic E-state index is 0.0600. The lowest BCUT2D eigenvalue weighted by Gasteiger charge is -2.15. The van der Waals surface area contributed by atoms with E-state index in [4.69, 9.17) is 0 Å². The second kappa shape index (κ2) is 7.46. The predicted molar refractivity (Wildman–Crippen MR) is 97.3 cm³/mol. The number of hydrogen-bond acceptors (Lipinski definition) is 5. The van der Waals surface area contributed by atoms with E-state index in [2.05, 4.69) is 24.8 Å². The Morgan fingerprint density at radius 3 is 2.67 bits per heavy atom. The Morgan fingerprint density at radius 1 is 1.26 bits per heavy atom. The van der Waals surface area contributed by atoms with Crippen LogP contribution in [-0.2, 0) is 4.79 Å². The normalized spacial score (nSPS) is 17.8. The highest BCUT2D eigenvalue weighted by atomic mass is 32.2. The zero-order chi connectivity index (χ0) is 19.0. The highest BCUT2D eigenvalue weighted by Crippen LogP contribution is 2.46. The van der Waals surface area contributed by atoms with Crippen molar-refractivity contribution < 1.29 is 18.3 Å². The number of ether oxygens (including phenoxy) is 1. The number of carbonyl (C=O) groups is 1. The Labute approximate surface area is 159 Å². The molecular formula is C18H20F2N4O2S. The van der Waals surface area contributed by atoms with Gasteiger partial charge in [-0.25, -0.2) is 0 Å². The van der Waals surface area contributed by atoms with Gasteiger partial charge in [0.05, 0.1) is 10.9 Å². The number of anilines is 1. The summed E-state index contributed by atoms with van der Waals surface area (Å²) < 4.78 is 31.7. The zero-order valence-electron chi connectivity index (χ0n) is 14.8. The van der Waals surface area contributed by atoms with Crippen molar-refractivity contribution in [1.29, 1.82) is 0 Å². The molecule has 0 saturated heterocycles. The molecule has 6 nitrogen and oxygen atoms in total. The topological polar surface area (TPSA) is 69.0 Å². The number of halogens is 2. The maximum Gasteiger partial charge on any atom is 0.387 e. The van der Waals surface area contributed by atoms with Crippen molar-refractivity contribution in [1.82, 2.24) is 14.8 Å². The summed E-state index contributed by atoms with van der Waals surface area (Å²) in [6.07, 6.45) is 4.52. The quantitative estimate of drug-likeness (QED) is 0.679. The lowest BCUT2D eigenvalue weighted by atomic mass is 10.3. The van der Waals surface area contributed by atoms with Gasteiger partial charge >= 0.3 is 6.61 Å². The van der Waals surface area contributed by atoms with Gasteiger partial charge in [-0.1, -0.05) is 23.9 Å². The van der Waals surface area contributed by atoms with Gasteiger partial charge < -0.3 is 14.6 Å². The van der Waals surface area contributed by atoms with Crippen LogP contribution < -0.4 is 10.1 Å². The smallest absolute Gasteiger partial charge is 0.387 e. The van der Waals surface area contributed by atoms with Gasteiger partial charge in [0.25, 0.3) is 0 Å². The first-order valence-corrected chi connectivity index (χ1v) is 9.87. The van der Waals surface area contributed by atoms with Crippen molar-refractivity contribution in [2.45, 2.75) is 61.6 Å². The van der Waals surface area contributed by atoms with Crippen molar-refractivity contribution in [3.63, 3.8) is 0 Å². The van der Waals surface area contributed by atoms with Crippen LogP contribution in [0.2, 0.25) is 0 Å². The monoisotopic (exact) mass is 394 g/mol. The average molecular weight is 394 g/mol. The largest absolute Gasteiger partial charge is 0.433 e. The number of nitrogens with zero attached hydrogens (tertiary/aromatic N) is 3. The third-order valence-electron chi connectivity index (χ3n) is 4.56. The van der Waals surface area contributed by atoms with Crippen LogP contribution in [-0.4, -0.2) is 32.5 Å². The highest BCUT2D eigenvalue weighted by Gasteiger charge is 2.37. The number of para-hydroxylation sites is 2. The average Bonchev–Trinajstić information content (AvgIpc) is 3.55. The van der Waals surface area contributed by atoms with E-state index in [0.717, 1.165) is 36.7 Å². The molecule has 1 atom stereocenters. The fourth-order valence-corrected chi connectivity index (χ4v) is 3.81. The van der Waals surface area contributed by atoms with E-state index in [9.17, 15) is 13.6 Å². The maximum atomic E-state index is 12.6. The Kier molecular flexibility index (Phi) is 5.03. The molecule has 27 heavy (non-hydrogen) atoms. The Balaban J connectivity index is 1.45. The van der Waals surface area contributed by atoms with Gasteiger partial charge in [-0.2, -0.15) is 8.78 Å². The first-order chi connectivity index (χ1) is 13.0. The molecule has 1 aromatic heterocycles. The molecule has 2 aromatic rings. The van der Waals surface area contributed by atoms with Crippen molar-refractivity contribution in [3.05, 3.63) is 30.1 Å². The van der Waals surface area contributed by atoms with E-state index in [1.165, 1.54) is 23.9 Å². The zero-order valence-corrected chi connectivity index (χ0v) is 15.6. The molecule has 2 fully saturated rings. The third-order valence-corrected chi connectivity index (χ3v) is 5.61. The molecule has 9 heteroatoms. The lowest BCUT2D eigenvalue weighted by Crippen LogP contribution is -2.23. The van der Waals surface area contributed by atoms with Gasteiger partial charge in [-0.15, -0.1) is 10.2 Å². The molecule has 1 heterocycles. The van der Waals surface area contributed by atoms with E-state index in [-0.39, 0.29) is 17.3 Å². The van der Waals surface area contributed by atoms with E-state index in [1.807, 2.05) is 0 Å². The standard InChI is InChI=1S/C18H20F2N4O2S/c1-10(16(25)21-13-4-2-3-5-14(13)26-17(19)20)27-18-23-22-15(11-6-7-11)24(18)12-8-9-12/h2-5,10-12,17H,6-9H2,1H3,(H,21,25)/t10-/m1/s1. The Hall–Kier alpha value is -2.16. The molecule has 1 amide bonds. The van der Waals surface area contributed by atoms with Gasteiger partial charge in [0, 0.05) is 12.0 Å². The number of benzene rings is 1. The summed E-state index contributed by atoms with van der Waals surface area (Å²) in [6.45, 7) is -1.19. The van der Waals surface area contributed by atoms with E-state index in [1.54, 1.807) is 19.1 Å². The van der Waals surface area contributed by atoms with Crippen LogP contribution in [0.1, 0.15) is 50.4 Å². The number of aromatic nitrogens is 3. The summed E-state index contributed by atoms with van der Waals surface area (Å²) in [4.78, 5) is 12.6. The molecule has 0 spiro atoms. The third kappa shape index (κ3) is 4.23. The molecule has 1 aromatic carbocycles. The van der Waals surface area contributed by atoms with E-state index < -0.39 is 11.9 Å². The second-order valence-corrected chi connectivity index (χ2v) is 8.15. The molecule has 144 valence electrons. The van der Waals surface area contributed by atoms with Crippen LogP contribution >= 0.6 is 11.8 Å². The summed E-state index contributed by atoms with van der Waals surface area (Å²) in [6, 6.07) is 6.59. The Morgan fingerprint density at radius 2 is 2.00 bits per heavy atom. The van der Waals surface area contributed by atoms with Gasteiger partial charge in [0.2, 0.25) is 5.91 Å². The fourth-order valence-electron chi connectivity index (χ4n) is 2.88. The molecule has 1 N–H and O–H groups in total. The van der Waals surface area contributed by atoms with Gasteiger partial charge in [0.1, 0.15) is 11.6 Å². The van der Waals surface area contributed by atoms with Crippen LogP contribution in [0.3, 0.4) is 0 Å². The summed E-state index contributed by atoms with van der Waals surface area (Å²) in [5.41, 5.74) is 0.220. The summed E-state index contributed by atoms with van der Waals surface area (Å²) >= 11 is 1.34. The maximum absolute atomic E-state index is 12.6. The Bertz CT molecular complexity index is 837. The van der Waals surface area contributed by atoms with Crippen LogP contribution in [0.5, 0.6) is 5.75 Å². The van der Waals surface area contributed by atoms with Crippen LogP contribution in [0.25, 0.3) is 0 Å². The van der Waals surface area contributed by atoms with E-state index >= 15 is 0 Å². The number of alkyl halides is 2. The number of amides is 1. The van der Waals surface area contributed by atoms with Crippen LogP contribution in [0.4, 0.5) is 14.5 Å². The first-order valence-electron chi connectivity index (χ1n) is 8.99. The molecular weight excluding hydrogens is 374 g/mol.